The van der Waals surface area contributed by atoms with Crippen LogP contribution in [0.15, 0.2) is 18.6 Å². The molecule has 1 amide bonds. The molecular formula is C19H27N5O2. The maximum Gasteiger partial charge on any atom is 0.251 e. The summed E-state index contributed by atoms with van der Waals surface area (Å²) in [6.45, 7) is 5.30. The molecule has 0 aromatic carbocycles. The predicted molar refractivity (Wildman–Crippen MR) is 99.7 cm³/mol. The average Bonchev–Trinajstić information content (AvgIpc) is 3.32. The number of aromatic nitrogens is 3. The number of amides is 1. The normalized spacial score (nSPS) is 26.5. The number of carbonyl (C=O) groups is 1. The van der Waals surface area contributed by atoms with E-state index in [4.69, 9.17) is 0 Å². The van der Waals surface area contributed by atoms with Crippen molar-refractivity contribution in [2.75, 3.05) is 25.0 Å². The van der Waals surface area contributed by atoms with E-state index in [1.807, 2.05) is 31.0 Å². The van der Waals surface area contributed by atoms with Gasteiger partial charge in [-0.2, -0.15) is 0 Å². The third-order valence-corrected chi connectivity index (χ3v) is 6.14. The van der Waals surface area contributed by atoms with E-state index >= 15 is 0 Å². The van der Waals surface area contributed by atoms with Gasteiger partial charge in [0.15, 0.2) is 0 Å². The Balaban J connectivity index is 1.43. The number of aliphatic hydroxyl groups is 1. The number of fused-ring (bicyclic) bond motifs is 2. The van der Waals surface area contributed by atoms with Crippen LogP contribution in [0.2, 0.25) is 0 Å². The number of aromatic amines is 1. The first-order chi connectivity index (χ1) is 12.5. The van der Waals surface area contributed by atoms with Gasteiger partial charge in [0.25, 0.3) is 5.91 Å². The van der Waals surface area contributed by atoms with Gasteiger partial charge in [-0.05, 0) is 36.7 Å². The Bertz CT molecular complexity index is 790. The number of aliphatic hydroxyl groups excluding tert-OH is 1. The van der Waals surface area contributed by atoms with E-state index in [1.54, 1.807) is 6.33 Å². The van der Waals surface area contributed by atoms with Crippen LogP contribution >= 0.6 is 0 Å². The molecule has 0 bridgehead atoms. The third kappa shape index (κ3) is 2.84. The first-order valence-electron chi connectivity index (χ1n) is 9.43. The summed E-state index contributed by atoms with van der Waals surface area (Å²) in [5.74, 6) is 1.83. The fraction of sp³-hybridized carbons (Fsp3) is 0.632. The highest BCUT2D eigenvalue weighted by molar-refractivity contribution is 5.87. The number of carbonyl (C=O) groups excluding carboxylic acids is 1. The van der Waals surface area contributed by atoms with Crippen molar-refractivity contribution in [1.82, 2.24) is 19.9 Å². The standard InChI is InChI=1S/C19H27N5O2/c1-11(2)16(25)19(26)24-8-12-6-14(7-13(12)9-24)23(3)18-15-4-5-20-17(15)21-10-22-18/h4-5,10-14,16,25H,6-9H2,1-3H3,(H,20,21,22)/t12?,13?,14?,16-/m1/s1. The molecule has 2 fully saturated rings. The first-order valence-corrected chi connectivity index (χ1v) is 9.43. The first kappa shape index (κ1) is 17.3. The Kier molecular flexibility index (Phi) is 4.34. The summed E-state index contributed by atoms with van der Waals surface area (Å²) < 4.78 is 0. The van der Waals surface area contributed by atoms with Crippen molar-refractivity contribution >= 4 is 22.8 Å². The van der Waals surface area contributed by atoms with Crippen LogP contribution in [0.4, 0.5) is 5.82 Å². The van der Waals surface area contributed by atoms with Crippen molar-refractivity contribution in [3.63, 3.8) is 0 Å². The van der Waals surface area contributed by atoms with E-state index in [-0.39, 0.29) is 11.8 Å². The molecule has 1 saturated heterocycles. The van der Waals surface area contributed by atoms with Crippen LogP contribution in [-0.2, 0) is 4.79 Å². The second kappa shape index (κ2) is 6.54. The summed E-state index contributed by atoms with van der Waals surface area (Å²) in [5.41, 5.74) is 0.861. The quantitative estimate of drug-likeness (QED) is 0.869. The molecule has 2 N–H and O–H groups in total. The van der Waals surface area contributed by atoms with Crippen molar-refractivity contribution < 1.29 is 9.90 Å². The molecule has 7 nitrogen and oxygen atoms in total. The SMILES string of the molecule is CC(C)[C@@H](O)C(=O)N1CC2CC(N(C)c3ncnc4[nH]ccc34)CC2C1. The lowest BCUT2D eigenvalue weighted by Crippen LogP contribution is -2.41. The van der Waals surface area contributed by atoms with Crippen molar-refractivity contribution in [2.45, 2.75) is 38.8 Å². The Hall–Kier alpha value is -2.15. The smallest absolute Gasteiger partial charge is 0.251 e. The Morgan fingerprint density at radius 3 is 2.65 bits per heavy atom. The van der Waals surface area contributed by atoms with E-state index in [2.05, 4.69) is 26.9 Å². The summed E-state index contributed by atoms with van der Waals surface area (Å²) >= 11 is 0. The molecule has 3 atom stereocenters. The summed E-state index contributed by atoms with van der Waals surface area (Å²) in [4.78, 5) is 28.5. The third-order valence-electron chi connectivity index (χ3n) is 6.14. The lowest BCUT2D eigenvalue weighted by atomic mass is 10.0. The molecule has 26 heavy (non-hydrogen) atoms. The van der Waals surface area contributed by atoms with E-state index in [1.165, 1.54) is 0 Å². The van der Waals surface area contributed by atoms with Gasteiger partial charge in [-0.15, -0.1) is 0 Å². The number of H-pyrrole nitrogens is 1. The highest BCUT2D eigenvalue weighted by Crippen LogP contribution is 2.41. The number of hydrogen-bond acceptors (Lipinski definition) is 5. The van der Waals surface area contributed by atoms with Gasteiger partial charge in [0.1, 0.15) is 23.9 Å². The zero-order valence-corrected chi connectivity index (χ0v) is 15.6. The lowest BCUT2D eigenvalue weighted by molar-refractivity contribution is -0.141. The highest BCUT2D eigenvalue weighted by atomic mass is 16.3. The second-order valence-electron chi connectivity index (χ2n) is 8.13. The van der Waals surface area contributed by atoms with Crippen LogP contribution in [-0.4, -0.2) is 63.1 Å². The maximum atomic E-state index is 12.4. The van der Waals surface area contributed by atoms with Gasteiger partial charge in [0, 0.05) is 32.4 Å². The number of likely N-dealkylation sites (tertiary alicyclic amines) is 1. The molecular weight excluding hydrogens is 330 g/mol. The molecule has 1 saturated carbocycles. The van der Waals surface area contributed by atoms with E-state index in [0.29, 0.717) is 17.9 Å². The second-order valence-corrected chi connectivity index (χ2v) is 8.13. The summed E-state index contributed by atoms with van der Waals surface area (Å²) in [7, 11) is 2.10. The van der Waals surface area contributed by atoms with E-state index in [9.17, 15) is 9.90 Å². The molecule has 4 rings (SSSR count). The fourth-order valence-corrected chi connectivity index (χ4v) is 4.55. The van der Waals surface area contributed by atoms with Crippen LogP contribution in [0.1, 0.15) is 26.7 Å². The minimum atomic E-state index is -0.879. The lowest BCUT2D eigenvalue weighted by Gasteiger charge is -2.28. The number of rotatable bonds is 4. The van der Waals surface area contributed by atoms with Crippen LogP contribution < -0.4 is 4.90 Å². The molecule has 2 aromatic rings. The molecule has 2 unspecified atom stereocenters. The summed E-state index contributed by atoms with van der Waals surface area (Å²) in [6, 6.07) is 2.44. The minimum Gasteiger partial charge on any atom is -0.383 e. The van der Waals surface area contributed by atoms with Crippen molar-refractivity contribution in [1.29, 1.82) is 0 Å². The van der Waals surface area contributed by atoms with Gasteiger partial charge in [0.2, 0.25) is 0 Å². The van der Waals surface area contributed by atoms with Gasteiger partial charge in [0.05, 0.1) is 5.39 Å². The van der Waals surface area contributed by atoms with Crippen LogP contribution in [0.25, 0.3) is 11.0 Å². The van der Waals surface area contributed by atoms with Gasteiger partial charge in [-0.1, -0.05) is 13.8 Å². The molecule has 2 aromatic heterocycles. The largest absolute Gasteiger partial charge is 0.383 e. The van der Waals surface area contributed by atoms with Gasteiger partial charge in [-0.25, -0.2) is 9.97 Å². The van der Waals surface area contributed by atoms with Gasteiger partial charge < -0.3 is 19.9 Å². The average molecular weight is 357 g/mol. The van der Waals surface area contributed by atoms with Crippen LogP contribution in [0.5, 0.6) is 0 Å². The number of hydrogen-bond donors (Lipinski definition) is 2. The monoisotopic (exact) mass is 357 g/mol. The molecule has 140 valence electrons. The van der Waals surface area contributed by atoms with Crippen molar-refractivity contribution in [2.24, 2.45) is 17.8 Å². The molecule has 0 radical (unpaired) electrons. The predicted octanol–water partition coefficient (Wildman–Crippen LogP) is 1.65. The topological polar surface area (TPSA) is 85.3 Å². The molecule has 1 aliphatic heterocycles. The molecule has 3 heterocycles. The molecule has 7 heteroatoms. The Morgan fingerprint density at radius 2 is 2.00 bits per heavy atom. The zero-order chi connectivity index (χ0) is 18.4. The van der Waals surface area contributed by atoms with Crippen LogP contribution in [0, 0.1) is 17.8 Å². The van der Waals surface area contributed by atoms with E-state index in [0.717, 1.165) is 42.8 Å². The Morgan fingerprint density at radius 1 is 1.31 bits per heavy atom. The maximum absolute atomic E-state index is 12.4. The zero-order valence-electron chi connectivity index (χ0n) is 15.6. The van der Waals surface area contributed by atoms with Gasteiger partial charge >= 0.3 is 0 Å². The number of nitrogens with zero attached hydrogens (tertiary/aromatic N) is 4. The molecule has 0 spiro atoms. The minimum absolute atomic E-state index is 0.0386. The summed E-state index contributed by atoms with van der Waals surface area (Å²) in [6.07, 6.45) is 4.73. The molecule has 2 aliphatic rings. The number of anilines is 1. The summed E-state index contributed by atoms with van der Waals surface area (Å²) in [5, 5.41) is 11.1. The van der Waals surface area contributed by atoms with Crippen LogP contribution in [0.3, 0.4) is 0 Å². The fourth-order valence-electron chi connectivity index (χ4n) is 4.55. The van der Waals surface area contributed by atoms with Gasteiger partial charge in [-0.3, -0.25) is 4.79 Å². The number of nitrogens with one attached hydrogen (secondary N) is 1. The van der Waals surface area contributed by atoms with Crippen molar-refractivity contribution in [3.05, 3.63) is 18.6 Å². The molecule has 1 aliphatic carbocycles. The Labute approximate surface area is 153 Å². The highest BCUT2D eigenvalue weighted by Gasteiger charge is 2.44. The van der Waals surface area contributed by atoms with Crippen molar-refractivity contribution in [3.8, 4) is 0 Å². The van der Waals surface area contributed by atoms with E-state index < -0.39 is 6.10 Å².